The molecule has 2 rings (SSSR count). The van der Waals surface area contributed by atoms with Crippen molar-refractivity contribution in [3.05, 3.63) is 34.3 Å². The van der Waals surface area contributed by atoms with Gasteiger partial charge in [-0.2, -0.15) is 0 Å². The molecule has 2 aromatic rings. The van der Waals surface area contributed by atoms with Gasteiger partial charge in [-0.1, -0.05) is 6.07 Å². The summed E-state index contributed by atoms with van der Waals surface area (Å²) in [5.74, 6) is -0.708. The molecule has 92 valence electrons. The highest BCUT2D eigenvalue weighted by atomic mass is 35.5. The van der Waals surface area contributed by atoms with Crippen molar-refractivity contribution in [1.29, 1.82) is 0 Å². The van der Waals surface area contributed by atoms with Crippen LogP contribution in [0.25, 0.3) is 11.1 Å². The van der Waals surface area contributed by atoms with E-state index < -0.39 is 21.0 Å². The lowest BCUT2D eigenvalue weighted by molar-refractivity contribution is 0.555. The zero-order chi connectivity index (χ0) is 12.6. The molecule has 0 radical (unpaired) electrons. The number of aromatic amines is 1. The van der Waals surface area contributed by atoms with Crippen LogP contribution in [0.3, 0.4) is 0 Å². The van der Waals surface area contributed by atoms with E-state index in [-0.39, 0.29) is 5.75 Å². The standard InChI is InChI=1S/C10H10ClNO4S/c1-17(14,15)5-7(11)6-2-3-8-9(4-6)16-10(13)12-8/h2-4,7H,5H2,1H3,(H,12,13). The van der Waals surface area contributed by atoms with E-state index in [4.69, 9.17) is 16.0 Å². The van der Waals surface area contributed by atoms with E-state index in [1.165, 1.54) is 0 Å². The lowest BCUT2D eigenvalue weighted by Gasteiger charge is -2.07. The van der Waals surface area contributed by atoms with E-state index in [0.29, 0.717) is 16.7 Å². The van der Waals surface area contributed by atoms with Gasteiger partial charge < -0.3 is 4.42 Å². The molecule has 1 aromatic heterocycles. The van der Waals surface area contributed by atoms with Crippen LogP contribution in [0.4, 0.5) is 0 Å². The number of hydrogen-bond donors (Lipinski definition) is 1. The Morgan fingerprint density at radius 1 is 1.47 bits per heavy atom. The first kappa shape index (κ1) is 12.2. The van der Waals surface area contributed by atoms with Crippen LogP contribution >= 0.6 is 11.6 Å². The van der Waals surface area contributed by atoms with Crippen molar-refractivity contribution in [2.24, 2.45) is 0 Å². The fourth-order valence-corrected chi connectivity index (χ4v) is 3.07. The van der Waals surface area contributed by atoms with Gasteiger partial charge in [-0.15, -0.1) is 11.6 Å². The molecule has 0 amide bonds. The Balaban J connectivity index is 2.39. The van der Waals surface area contributed by atoms with Crippen molar-refractivity contribution in [3.63, 3.8) is 0 Å². The number of rotatable bonds is 3. The van der Waals surface area contributed by atoms with Crippen LogP contribution in [-0.4, -0.2) is 25.4 Å². The maximum Gasteiger partial charge on any atom is 0.417 e. The number of halogens is 1. The highest BCUT2D eigenvalue weighted by Gasteiger charge is 2.15. The predicted octanol–water partition coefficient (Wildman–Crippen LogP) is 1.45. The third-order valence-corrected chi connectivity index (χ3v) is 3.78. The van der Waals surface area contributed by atoms with E-state index >= 15 is 0 Å². The molecule has 0 aliphatic heterocycles. The van der Waals surface area contributed by atoms with Gasteiger partial charge in [-0.25, -0.2) is 13.2 Å². The Hall–Kier alpha value is -1.27. The minimum Gasteiger partial charge on any atom is -0.408 e. The number of oxazole rings is 1. The summed E-state index contributed by atoms with van der Waals surface area (Å²) in [5, 5.41) is -0.658. The number of benzene rings is 1. The van der Waals surface area contributed by atoms with Crippen molar-refractivity contribution in [2.75, 3.05) is 12.0 Å². The van der Waals surface area contributed by atoms with E-state index in [1.54, 1.807) is 18.2 Å². The average Bonchev–Trinajstić information content (AvgIpc) is 2.53. The topological polar surface area (TPSA) is 80.1 Å². The number of aromatic nitrogens is 1. The Morgan fingerprint density at radius 3 is 2.82 bits per heavy atom. The highest BCUT2D eigenvalue weighted by Crippen LogP contribution is 2.24. The van der Waals surface area contributed by atoms with Crippen LogP contribution in [0.5, 0.6) is 0 Å². The molecule has 17 heavy (non-hydrogen) atoms. The van der Waals surface area contributed by atoms with Gasteiger partial charge in [0.25, 0.3) is 0 Å². The summed E-state index contributed by atoms with van der Waals surface area (Å²) >= 11 is 5.99. The number of nitrogens with one attached hydrogen (secondary N) is 1. The van der Waals surface area contributed by atoms with Crippen molar-refractivity contribution < 1.29 is 12.8 Å². The first-order valence-electron chi connectivity index (χ1n) is 4.80. The minimum atomic E-state index is -3.15. The number of H-pyrrole nitrogens is 1. The summed E-state index contributed by atoms with van der Waals surface area (Å²) in [6.45, 7) is 0. The molecule has 0 saturated carbocycles. The highest BCUT2D eigenvalue weighted by molar-refractivity contribution is 7.90. The summed E-state index contributed by atoms with van der Waals surface area (Å²) < 4.78 is 27.1. The van der Waals surface area contributed by atoms with Crippen LogP contribution < -0.4 is 5.76 Å². The molecule has 0 bridgehead atoms. The van der Waals surface area contributed by atoms with Crippen molar-refractivity contribution in [1.82, 2.24) is 4.98 Å². The molecule has 0 spiro atoms. The van der Waals surface area contributed by atoms with Gasteiger partial charge in [0.2, 0.25) is 0 Å². The molecular weight excluding hydrogens is 266 g/mol. The SMILES string of the molecule is CS(=O)(=O)CC(Cl)c1ccc2[nH]c(=O)oc2c1. The van der Waals surface area contributed by atoms with E-state index in [2.05, 4.69) is 4.98 Å². The summed E-state index contributed by atoms with van der Waals surface area (Å²) in [6, 6.07) is 4.86. The Morgan fingerprint density at radius 2 is 2.18 bits per heavy atom. The van der Waals surface area contributed by atoms with Gasteiger partial charge in [-0.05, 0) is 17.7 Å². The van der Waals surface area contributed by atoms with Gasteiger partial charge >= 0.3 is 5.76 Å². The molecule has 0 aliphatic rings. The Kier molecular flexibility index (Phi) is 3.01. The molecular formula is C10H10ClNO4S. The predicted molar refractivity (Wildman–Crippen MR) is 65.1 cm³/mol. The first-order chi connectivity index (χ1) is 7.85. The quantitative estimate of drug-likeness (QED) is 0.860. The number of sulfone groups is 1. The molecule has 1 atom stereocenters. The second-order valence-electron chi connectivity index (χ2n) is 3.83. The van der Waals surface area contributed by atoms with Crippen molar-refractivity contribution in [2.45, 2.75) is 5.38 Å². The largest absolute Gasteiger partial charge is 0.417 e. The van der Waals surface area contributed by atoms with Gasteiger partial charge in [0.05, 0.1) is 16.6 Å². The van der Waals surface area contributed by atoms with Crippen molar-refractivity contribution in [3.8, 4) is 0 Å². The van der Waals surface area contributed by atoms with E-state index in [1.807, 2.05) is 0 Å². The lowest BCUT2D eigenvalue weighted by Crippen LogP contribution is -2.08. The monoisotopic (exact) mass is 275 g/mol. The molecule has 1 N–H and O–H groups in total. The van der Waals surface area contributed by atoms with Gasteiger partial charge in [0.15, 0.2) is 5.58 Å². The van der Waals surface area contributed by atoms with Gasteiger partial charge in [0.1, 0.15) is 9.84 Å². The summed E-state index contributed by atoms with van der Waals surface area (Å²) in [4.78, 5) is 13.4. The number of alkyl halides is 1. The summed E-state index contributed by atoms with van der Waals surface area (Å²) in [7, 11) is -3.15. The molecule has 1 heterocycles. The molecule has 5 nitrogen and oxygen atoms in total. The van der Waals surface area contributed by atoms with Crippen molar-refractivity contribution >= 4 is 32.5 Å². The molecule has 7 heteroatoms. The molecule has 0 saturated heterocycles. The van der Waals surface area contributed by atoms with Crippen LogP contribution in [0.2, 0.25) is 0 Å². The van der Waals surface area contributed by atoms with E-state index in [9.17, 15) is 13.2 Å². The maximum atomic E-state index is 11.1. The molecule has 0 aliphatic carbocycles. The van der Waals surface area contributed by atoms with E-state index in [0.717, 1.165) is 6.26 Å². The van der Waals surface area contributed by atoms with Crippen LogP contribution in [0.15, 0.2) is 27.4 Å². The minimum absolute atomic E-state index is 0.158. The van der Waals surface area contributed by atoms with Crippen LogP contribution in [-0.2, 0) is 9.84 Å². The molecule has 1 aromatic carbocycles. The fraction of sp³-hybridized carbons (Fsp3) is 0.300. The summed E-state index contributed by atoms with van der Waals surface area (Å²) in [6.07, 6.45) is 1.12. The first-order valence-corrected chi connectivity index (χ1v) is 7.29. The second-order valence-corrected chi connectivity index (χ2v) is 6.54. The fourth-order valence-electron chi connectivity index (χ4n) is 1.52. The summed E-state index contributed by atoms with van der Waals surface area (Å²) in [5.41, 5.74) is 1.53. The van der Waals surface area contributed by atoms with Gasteiger partial charge in [-0.3, -0.25) is 4.98 Å². The smallest absolute Gasteiger partial charge is 0.408 e. The zero-order valence-corrected chi connectivity index (χ0v) is 10.5. The molecule has 0 fully saturated rings. The Labute approximate surface area is 102 Å². The Bertz CT molecular complexity index is 700. The lowest BCUT2D eigenvalue weighted by atomic mass is 10.1. The normalized spacial score (nSPS) is 14.0. The number of hydrogen-bond acceptors (Lipinski definition) is 4. The third kappa shape index (κ3) is 2.89. The van der Waals surface area contributed by atoms with Gasteiger partial charge in [0, 0.05) is 6.26 Å². The molecule has 1 unspecified atom stereocenters. The zero-order valence-electron chi connectivity index (χ0n) is 8.94. The number of fused-ring (bicyclic) bond motifs is 1. The third-order valence-electron chi connectivity index (χ3n) is 2.26. The average molecular weight is 276 g/mol. The maximum absolute atomic E-state index is 11.1. The second kappa shape index (κ2) is 4.19. The van der Waals surface area contributed by atoms with Crippen LogP contribution in [0, 0.1) is 0 Å². The van der Waals surface area contributed by atoms with Crippen LogP contribution in [0.1, 0.15) is 10.9 Å².